The van der Waals surface area contributed by atoms with Gasteiger partial charge in [0, 0.05) is 12.6 Å². The fourth-order valence-electron chi connectivity index (χ4n) is 1.61. The van der Waals surface area contributed by atoms with Crippen LogP contribution in [-0.2, 0) is 0 Å². The fourth-order valence-corrected chi connectivity index (χ4v) is 1.84. The van der Waals surface area contributed by atoms with Gasteiger partial charge in [0.1, 0.15) is 5.69 Å². The topological polar surface area (TPSA) is 58.4 Å². The molecule has 0 saturated carbocycles. The minimum Gasteiger partial charge on any atom is -0.378 e. The van der Waals surface area contributed by atoms with E-state index in [-0.39, 0.29) is 5.69 Å². The normalized spacial score (nSPS) is 10.7. The Bertz CT molecular complexity index is 410. The van der Waals surface area contributed by atoms with Gasteiger partial charge in [0.15, 0.2) is 0 Å². The Kier molecular flexibility index (Phi) is 5.88. The summed E-state index contributed by atoms with van der Waals surface area (Å²) >= 11 is 5.96. The number of nitro groups is 1. The van der Waals surface area contributed by atoms with Crippen LogP contribution in [0.1, 0.15) is 12.8 Å². The van der Waals surface area contributed by atoms with Crippen molar-refractivity contribution in [1.82, 2.24) is 4.90 Å². The molecule has 0 spiro atoms. The smallest absolute Gasteiger partial charge is 0.293 e. The molecule has 1 aromatic rings. The third-order valence-corrected chi connectivity index (χ3v) is 2.84. The van der Waals surface area contributed by atoms with Crippen LogP contribution in [0.3, 0.4) is 0 Å². The summed E-state index contributed by atoms with van der Waals surface area (Å²) in [4.78, 5) is 12.5. The Morgan fingerprint density at radius 3 is 2.72 bits per heavy atom. The van der Waals surface area contributed by atoms with Crippen molar-refractivity contribution in [2.45, 2.75) is 12.8 Å². The van der Waals surface area contributed by atoms with Gasteiger partial charge in [-0.1, -0.05) is 17.7 Å². The van der Waals surface area contributed by atoms with Gasteiger partial charge in [-0.05, 0) is 39.5 Å². The number of unbranched alkanes of at least 4 members (excludes halogenated alkanes) is 1. The quantitative estimate of drug-likeness (QED) is 0.470. The maximum atomic E-state index is 10.9. The molecular formula is C12H18ClN3O2. The van der Waals surface area contributed by atoms with Crippen molar-refractivity contribution in [2.75, 3.05) is 32.5 Å². The highest BCUT2D eigenvalue weighted by atomic mass is 35.5. The average molecular weight is 272 g/mol. The Labute approximate surface area is 112 Å². The number of nitro benzene ring substituents is 1. The van der Waals surface area contributed by atoms with Crippen molar-refractivity contribution >= 4 is 23.0 Å². The minimum absolute atomic E-state index is 0.0232. The number of hydrogen-bond acceptors (Lipinski definition) is 4. The molecule has 6 heteroatoms. The molecule has 0 aliphatic rings. The van der Waals surface area contributed by atoms with Crippen LogP contribution in [0.2, 0.25) is 5.02 Å². The largest absolute Gasteiger partial charge is 0.378 e. The van der Waals surface area contributed by atoms with Crippen molar-refractivity contribution in [3.63, 3.8) is 0 Å². The molecule has 1 aromatic carbocycles. The lowest BCUT2D eigenvalue weighted by molar-refractivity contribution is -0.383. The first kappa shape index (κ1) is 14.7. The number of nitrogens with one attached hydrogen (secondary N) is 1. The Hall–Kier alpha value is -1.33. The van der Waals surface area contributed by atoms with Gasteiger partial charge in [0.05, 0.1) is 9.95 Å². The second kappa shape index (κ2) is 7.18. The lowest BCUT2D eigenvalue weighted by Gasteiger charge is -2.11. The number of nitrogens with zero attached hydrogens (tertiary/aromatic N) is 2. The van der Waals surface area contributed by atoms with Gasteiger partial charge in [-0.15, -0.1) is 0 Å². The summed E-state index contributed by atoms with van der Waals surface area (Å²) in [5, 5.41) is 14.3. The van der Waals surface area contributed by atoms with Crippen LogP contribution in [0.5, 0.6) is 0 Å². The van der Waals surface area contributed by atoms with Crippen LogP contribution >= 0.6 is 11.6 Å². The predicted octanol–water partition coefficient (Wildman–Crippen LogP) is 3.00. The van der Waals surface area contributed by atoms with E-state index < -0.39 is 4.92 Å². The molecule has 0 saturated heterocycles. The van der Waals surface area contributed by atoms with E-state index in [0.29, 0.717) is 17.3 Å². The molecule has 1 N–H and O–H groups in total. The van der Waals surface area contributed by atoms with Crippen molar-refractivity contribution in [3.05, 3.63) is 33.3 Å². The van der Waals surface area contributed by atoms with E-state index in [9.17, 15) is 10.1 Å². The number of hydrogen-bond donors (Lipinski definition) is 1. The zero-order valence-electron chi connectivity index (χ0n) is 10.6. The van der Waals surface area contributed by atoms with Crippen molar-refractivity contribution in [2.24, 2.45) is 0 Å². The summed E-state index contributed by atoms with van der Waals surface area (Å²) in [5.41, 5.74) is 0.434. The van der Waals surface area contributed by atoms with Crippen molar-refractivity contribution < 1.29 is 4.92 Å². The number of para-hydroxylation sites is 1. The highest BCUT2D eigenvalue weighted by molar-refractivity contribution is 6.33. The average Bonchev–Trinajstić information content (AvgIpc) is 2.29. The van der Waals surface area contributed by atoms with E-state index in [4.69, 9.17) is 11.6 Å². The van der Waals surface area contributed by atoms with Crippen LogP contribution in [0.15, 0.2) is 18.2 Å². The van der Waals surface area contributed by atoms with E-state index in [1.165, 1.54) is 6.07 Å². The molecule has 0 aliphatic carbocycles. The highest BCUT2D eigenvalue weighted by Crippen LogP contribution is 2.31. The first-order chi connectivity index (χ1) is 8.52. The first-order valence-electron chi connectivity index (χ1n) is 5.84. The monoisotopic (exact) mass is 271 g/mol. The van der Waals surface area contributed by atoms with Crippen molar-refractivity contribution in [3.8, 4) is 0 Å². The maximum absolute atomic E-state index is 10.9. The van der Waals surface area contributed by atoms with Crippen LogP contribution < -0.4 is 5.32 Å². The van der Waals surface area contributed by atoms with Gasteiger partial charge in [-0.3, -0.25) is 10.1 Å². The molecule has 0 aliphatic heterocycles. The van der Waals surface area contributed by atoms with Gasteiger partial charge in [-0.25, -0.2) is 0 Å². The van der Waals surface area contributed by atoms with Crippen LogP contribution in [0.4, 0.5) is 11.4 Å². The predicted molar refractivity (Wildman–Crippen MR) is 74.4 cm³/mol. The second-order valence-corrected chi connectivity index (χ2v) is 4.74. The standard InChI is InChI=1S/C12H18ClN3O2/c1-15(2)9-4-3-8-14-12-10(13)6-5-7-11(12)16(17)18/h5-7,14H,3-4,8-9H2,1-2H3. The summed E-state index contributed by atoms with van der Waals surface area (Å²) in [6.45, 7) is 1.69. The van der Waals surface area contributed by atoms with E-state index >= 15 is 0 Å². The third kappa shape index (κ3) is 4.50. The van der Waals surface area contributed by atoms with E-state index in [1.807, 2.05) is 14.1 Å². The van der Waals surface area contributed by atoms with Crippen LogP contribution in [0.25, 0.3) is 0 Å². The second-order valence-electron chi connectivity index (χ2n) is 4.33. The lowest BCUT2D eigenvalue weighted by atomic mass is 10.2. The highest BCUT2D eigenvalue weighted by Gasteiger charge is 2.15. The summed E-state index contributed by atoms with van der Waals surface area (Å²) in [7, 11) is 4.04. The van der Waals surface area contributed by atoms with Crippen molar-refractivity contribution in [1.29, 1.82) is 0 Å². The molecule has 0 bridgehead atoms. The molecule has 0 aromatic heterocycles. The molecule has 0 amide bonds. The van der Waals surface area contributed by atoms with Gasteiger partial charge < -0.3 is 10.2 Å². The Morgan fingerprint density at radius 2 is 2.11 bits per heavy atom. The molecule has 0 heterocycles. The molecular weight excluding hydrogens is 254 g/mol. The zero-order chi connectivity index (χ0) is 13.5. The molecule has 18 heavy (non-hydrogen) atoms. The molecule has 0 radical (unpaired) electrons. The SMILES string of the molecule is CN(C)CCCCNc1c(Cl)cccc1[N+](=O)[O-]. The third-order valence-electron chi connectivity index (χ3n) is 2.52. The number of anilines is 1. The summed E-state index contributed by atoms with van der Waals surface area (Å²) < 4.78 is 0. The molecule has 0 fully saturated rings. The lowest BCUT2D eigenvalue weighted by Crippen LogP contribution is -2.14. The Morgan fingerprint density at radius 1 is 1.39 bits per heavy atom. The maximum Gasteiger partial charge on any atom is 0.293 e. The number of halogens is 1. The first-order valence-corrected chi connectivity index (χ1v) is 6.21. The van der Waals surface area contributed by atoms with Gasteiger partial charge >= 0.3 is 0 Å². The minimum atomic E-state index is -0.423. The molecule has 5 nitrogen and oxygen atoms in total. The summed E-state index contributed by atoms with van der Waals surface area (Å²) in [6.07, 6.45) is 1.98. The molecule has 0 atom stereocenters. The van der Waals surface area contributed by atoms with E-state index in [0.717, 1.165) is 19.4 Å². The molecule has 0 unspecified atom stereocenters. The summed E-state index contributed by atoms with van der Waals surface area (Å²) in [5.74, 6) is 0. The molecule has 1 rings (SSSR count). The van der Waals surface area contributed by atoms with E-state index in [1.54, 1.807) is 12.1 Å². The molecule has 100 valence electrons. The number of rotatable bonds is 7. The summed E-state index contributed by atoms with van der Waals surface area (Å²) in [6, 6.07) is 4.68. The van der Waals surface area contributed by atoms with Gasteiger partial charge in [0.2, 0.25) is 0 Å². The van der Waals surface area contributed by atoms with E-state index in [2.05, 4.69) is 10.2 Å². The van der Waals surface area contributed by atoms with Crippen LogP contribution in [0, 0.1) is 10.1 Å². The number of benzene rings is 1. The Balaban J connectivity index is 2.53. The van der Waals surface area contributed by atoms with Gasteiger partial charge in [-0.2, -0.15) is 0 Å². The fraction of sp³-hybridized carbons (Fsp3) is 0.500. The van der Waals surface area contributed by atoms with Crippen LogP contribution in [-0.4, -0.2) is 37.0 Å². The van der Waals surface area contributed by atoms with Gasteiger partial charge in [0.25, 0.3) is 5.69 Å². The zero-order valence-corrected chi connectivity index (χ0v) is 11.4.